The van der Waals surface area contributed by atoms with Gasteiger partial charge in [0, 0.05) is 11.3 Å². The number of thioether (sulfide) groups is 2. The van der Waals surface area contributed by atoms with Crippen LogP contribution in [-0.2, 0) is 12.3 Å². The fourth-order valence-corrected chi connectivity index (χ4v) is 6.24. The molecule has 1 aromatic carbocycles. The average Bonchev–Trinajstić information content (AvgIpc) is 2.80. The molecule has 1 nitrogen and oxygen atoms in total. The third-order valence-electron chi connectivity index (χ3n) is 6.63. The fraction of sp³-hybridized carbons (Fsp3) is 0.741. The maximum absolute atomic E-state index is 5.59. The molecule has 0 aliphatic carbocycles. The van der Waals surface area contributed by atoms with Gasteiger partial charge in [0.2, 0.25) is 0 Å². The van der Waals surface area contributed by atoms with Crippen LogP contribution in [0.5, 0.6) is 0 Å². The van der Waals surface area contributed by atoms with Crippen molar-refractivity contribution in [3.05, 3.63) is 35.4 Å². The number of unbranched alkanes of at least 4 members (excludes halogenated alkanes) is 9. The first-order valence-corrected chi connectivity index (χ1v) is 15.2. The van der Waals surface area contributed by atoms with Crippen LogP contribution in [-0.4, -0.2) is 33.4 Å². The van der Waals surface area contributed by atoms with Crippen LogP contribution < -0.4 is 0 Å². The lowest BCUT2D eigenvalue weighted by atomic mass is 10.1. The Bertz CT molecular complexity index is 558. The van der Waals surface area contributed by atoms with Crippen LogP contribution in [0.3, 0.4) is 0 Å². The molecule has 31 heavy (non-hydrogen) atoms. The average molecular weight is 483 g/mol. The zero-order chi connectivity index (χ0) is 22.8. The molecule has 0 atom stereocenters. The second kappa shape index (κ2) is 18.4. The van der Waals surface area contributed by atoms with Crippen molar-refractivity contribution in [2.24, 2.45) is 0 Å². The Labute approximate surface area is 208 Å². The van der Waals surface area contributed by atoms with E-state index in [9.17, 15) is 0 Å². The van der Waals surface area contributed by atoms with Gasteiger partial charge in [0.05, 0.1) is 19.6 Å². The summed E-state index contributed by atoms with van der Waals surface area (Å²) in [5.41, 5.74) is 2.84. The maximum atomic E-state index is 5.59. The summed E-state index contributed by atoms with van der Waals surface area (Å²) in [5, 5.41) is 0. The topological polar surface area (TPSA) is 0 Å². The van der Waals surface area contributed by atoms with E-state index in [0.29, 0.717) is 0 Å². The summed E-state index contributed by atoms with van der Waals surface area (Å²) < 4.78 is 2.28. The van der Waals surface area contributed by atoms with Gasteiger partial charge in [-0.15, -0.1) is 23.5 Å². The van der Waals surface area contributed by atoms with E-state index >= 15 is 0 Å². The monoisotopic (exact) mass is 482 g/mol. The molecule has 0 fully saturated rings. The lowest BCUT2D eigenvalue weighted by molar-refractivity contribution is -0.936. The normalized spacial score (nSPS) is 11.7. The Morgan fingerprint density at radius 2 is 1.16 bits per heavy atom. The number of hydrogen-bond donors (Lipinski definition) is 0. The zero-order valence-electron chi connectivity index (χ0n) is 20.8. The van der Waals surface area contributed by atoms with Gasteiger partial charge in [0.25, 0.3) is 0 Å². The van der Waals surface area contributed by atoms with E-state index in [-0.39, 0.29) is 0 Å². The molecule has 0 heterocycles. The molecule has 0 unspecified atom stereocenters. The van der Waals surface area contributed by atoms with Crippen LogP contribution in [0.4, 0.5) is 0 Å². The van der Waals surface area contributed by atoms with E-state index in [2.05, 4.69) is 52.0 Å². The Hall–Kier alpha value is -0.0300. The van der Waals surface area contributed by atoms with Crippen molar-refractivity contribution in [2.75, 3.05) is 25.4 Å². The van der Waals surface area contributed by atoms with Crippen molar-refractivity contribution in [2.45, 2.75) is 104 Å². The molecule has 0 radical (unpaired) electrons. The van der Waals surface area contributed by atoms with Crippen molar-refractivity contribution in [3.8, 4) is 0 Å². The van der Waals surface area contributed by atoms with E-state index in [1.807, 2.05) is 23.5 Å². The van der Waals surface area contributed by atoms with Gasteiger partial charge in [0.1, 0.15) is 10.1 Å². The summed E-state index contributed by atoms with van der Waals surface area (Å²) >= 11 is 9.31. The predicted molar refractivity (Wildman–Crippen MR) is 150 cm³/mol. The largest absolute Gasteiger partial charge is 0.321 e. The molecule has 4 heteroatoms. The summed E-state index contributed by atoms with van der Waals surface area (Å²) in [6.45, 7) is 14.0. The fourth-order valence-electron chi connectivity index (χ4n) is 4.06. The van der Waals surface area contributed by atoms with E-state index in [0.717, 1.165) is 15.8 Å². The molecule has 0 N–H and O–H groups in total. The Balaban J connectivity index is 2.12. The molecular weight excluding hydrogens is 435 g/mol. The molecule has 1 rings (SSSR count). The summed E-state index contributed by atoms with van der Waals surface area (Å²) in [6.07, 6.45) is 14.0. The summed E-state index contributed by atoms with van der Waals surface area (Å²) in [5.74, 6) is 2.19. The van der Waals surface area contributed by atoms with Crippen LogP contribution >= 0.6 is 35.7 Å². The van der Waals surface area contributed by atoms with Gasteiger partial charge in [-0.05, 0) is 38.5 Å². The second-order valence-corrected chi connectivity index (χ2v) is 12.1. The van der Waals surface area contributed by atoms with Crippen molar-refractivity contribution >= 4 is 39.3 Å². The number of benzene rings is 1. The van der Waals surface area contributed by atoms with E-state index in [1.54, 1.807) is 0 Å². The zero-order valence-corrected chi connectivity index (χ0v) is 23.2. The Morgan fingerprint density at radius 1 is 0.677 bits per heavy atom. The third-order valence-corrected chi connectivity index (χ3v) is 9.48. The lowest BCUT2D eigenvalue weighted by Gasteiger charge is -2.35. The van der Waals surface area contributed by atoms with Gasteiger partial charge in [0.15, 0.2) is 0 Å². The number of nitrogens with zero attached hydrogens (tertiary/aromatic N) is 1. The molecular formula is C27H48NS3+. The summed E-state index contributed by atoms with van der Waals surface area (Å²) in [6, 6.07) is 9.24. The highest BCUT2D eigenvalue weighted by Gasteiger charge is 2.20. The first-order valence-electron chi connectivity index (χ1n) is 12.8. The lowest BCUT2D eigenvalue weighted by Crippen LogP contribution is -2.46. The molecule has 178 valence electrons. The molecule has 0 saturated heterocycles. The summed E-state index contributed by atoms with van der Waals surface area (Å²) in [7, 11) is 0. The van der Waals surface area contributed by atoms with E-state index < -0.39 is 0 Å². The standard InChI is InChI=1S/C27H48NS3/c1-5-9-10-11-12-13-14-15-16-17-22-30-27(29)31-24-26-20-18-25(19-21-26)23-28(6-2,7-3)8-4/h18-21H,5-17,22-24H2,1-4H3/q+1. The first-order chi connectivity index (χ1) is 15.1. The number of hydrogen-bond acceptors (Lipinski definition) is 3. The maximum Gasteiger partial charge on any atom is 0.104 e. The van der Waals surface area contributed by atoms with Crippen LogP contribution in [0, 0.1) is 0 Å². The predicted octanol–water partition coefficient (Wildman–Crippen LogP) is 9.24. The molecule has 0 amide bonds. The van der Waals surface area contributed by atoms with Gasteiger partial charge >= 0.3 is 0 Å². The first kappa shape index (κ1) is 29.0. The van der Waals surface area contributed by atoms with Crippen LogP contribution in [0.2, 0.25) is 0 Å². The molecule has 0 saturated carbocycles. The van der Waals surface area contributed by atoms with Crippen LogP contribution in [0.1, 0.15) is 103 Å². The minimum Gasteiger partial charge on any atom is -0.321 e. The molecule has 0 aromatic heterocycles. The highest BCUT2D eigenvalue weighted by Crippen LogP contribution is 2.24. The minimum absolute atomic E-state index is 0.999. The van der Waals surface area contributed by atoms with Crippen LogP contribution in [0.15, 0.2) is 24.3 Å². The van der Waals surface area contributed by atoms with Crippen LogP contribution in [0.25, 0.3) is 0 Å². The molecule has 0 spiro atoms. The van der Waals surface area contributed by atoms with Crippen molar-refractivity contribution in [1.29, 1.82) is 0 Å². The van der Waals surface area contributed by atoms with Gasteiger partial charge in [-0.2, -0.15) is 0 Å². The van der Waals surface area contributed by atoms with Gasteiger partial charge < -0.3 is 4.48 Å². The SMILES string of the molecule is CCCCCCCCCCCCSC(=S)SCc1ccc(C[N+](CC)(CC)CC)cc1. The Kier molecular flexibility index (Phi) is 17.2. The number of rotatable bonds is 18. The second-order valence-electron chi connectivity index (χ2n) is 8.83. The Morgan fingerprint density at radius 3 is 1.68 bits per heavy atom. The van der Waals surface area contributed by atoms with E-state index in [4.69, 9.17) is 12.2 Å². The van der Waals surface area contributed by atoms with Gasteiger partial charge in [-0.25, -0.2) is 0 Å². The van der Waals surface area contributed by atoms with Crippen molar-refractivity contribution in [3.63, 3.8) is 0 Å². The third kappa shape index (κ3) is 13.3. The summed E-state index contributed by atoms with van der Waals surface area (Å²) in [4.78, 5) is 0. The highest BCUT2D eigenvalue weighted by atomic mass is 32.2. The quantitative estimate of drug-likeness (QED) is 0.116. The van der Waals surface area contributed by atoms with E-state index in [1.165, 1.54) is 105 Å². The molecule has 0 aliphatic heterocycles. The number of thiocarbonyl (C=S) groups is 1. The smallest absolute Gasteiger partial charge is 0.104 e. The molecule has 1 aromatic rings. The van der Waals surface area contributed by atoms with Crippen molar-refractivity contribution in [1.82, 2.24) is 0 Å². The van der Waals surface area contributed by atoms with Gasteiger partial charge in [-0.1, -0.05) is 101 Å². The molecule has 0 aliphatic rings. The number of quaternary nitrogens is 1. The van der Waals surface area contributed by atoms with Crippen molar-refractivity contribution < 1.29 is 4.48 Å². The highest BCUT2D eigenvalue weighted by molar-refractivity contribution is 8.46. The minimum atomic E-state index is 0.999. The molecule has 0 bridgehead atoms. The van der Waals surface area contributed by atoms with Gasteiger partial charge in [-0.3, -0.25) is 0 Å².